The third-order valence-electron chi connectivity index (χ3n) is 4.67. The van der Waals surface area contributed by atoms with Gasteiger partial charge in [-0.05, 0) is 37.5 Å². The number of rotatable bonds is 5. The number of hydrogen-bond acceptors (Lipinski definition) is 4. The lowest BCUT2D eigenvalue weighted by molar-refractivity contribution is -0.127. The molecule has 4 nitrogen and oxygen atoms in total. The summed E-state index contributed by atoms with van der Waals surface area (Å²) in [5, 5.41) is 0. The molecule has 3 rings (SSSR count). The van der Waals surface area contributed by atoms with E-state index in [1.54, 1.807) is 13.4 Å². The highest BCUT2D eigenvalue weighted by Gasteiger charge is 2.40. The summed E-state index contributed by atoms with van der Waals surface area (Å²) >= 11 is 0. The first-order valence-electron chi connectivity index (χ1n) is 8.38. The minimum absolute atomic E-state index is 0.0724. The SMILES string of the molecule is C=C(C)COC1CCC2C(=O)C(c3ccc(OC)cc3)=COC2C1. The first-order chi connectivity index (χ1) is 11.6. The molecule has 1 heterocycles. The van der Waals surface area contributed by atoms with Crippen molar-refractivity contribution in [1.82, 2.24) is 0 Å². The molecular formula is C20H24O4. The summed E-state index contributed by atoms with van der Waals surface area (Å²) in [6.45, 7) is 6.39. The molecule has 0 N–H and O–H groups in total. The highest BCUT2D eigenvalue weighted by molar-refractivity contribution is 6.22. The van der Waals surface area contributed by atoms with Crippen LogP contribution < -0.4 is 4.74 Å². The highest BCUT2D eigenvalue weighted by Crippen LogP contribution is 2.37. The van der Waals surface area contributed by atoms with Crippen LogP contribution >= 0.6 is 0 Å². The topological polar surface area (TPSA) is 44.8 Å². The molecule has 1 fully saturated rings. The van der Waals surface area contributed by atoms with Crippen molar-refractivity contribution in [2.75, 3.05) is 13.7 Å². The Morgan fingerprint density at radius 3 is 2.71 bits per heavy atom. The third kappa shape index (κ3) is 3.54. The number of hydrogen-bond donors (Lipinski definition) is 0. The number of carbonyl (C=O) groups excluding carboxylic acids is 1. The lowest BCUT2D eigenvalue weighted by atomic mass is 9.78. The van der Waals surface area contributed by atoms with E-state index in [4.69, 9.17) is 14.2 Å². The second-order valence-corrected chi connectivity index (χ2v) is 6.61. The lowest BCUT2D eigenvalue weighted by Crippen LogP contribution is -2.41. The standard InChI is InChI=1S/C20H24O4/c1-13(2)11-23-16-8-9-17-19(10-16)24-12-18(20(17)21)14-4-6-15(22-3)7-5-14/h4-7,12,16-17,19H,1,8-11H2,2-3H3. The number of methoxy groups -OCH3 is 1. The van der Waals surface area contributed by atoms with Crippen LogP contribution in [0, 0.1) is 5.92 Å². The first-order valence-corrected chi connectivity index (χ1v) is 8.38. The molecule has 0 amide bonds. The molecular weight excluding hydrogens is 304 g/mol. The predicted octanol–water partition coefficient (Wildman–Crippen LogP) is 3.77. The monoisotopic (exact) mass is 328 g/mol. The fourth-order valence-corrected chi connectivity index (χ4v) is 3.35. The van der Waals surface area contributed by atoms with Gasteiger partial charge in [0.05, 0.1) is 37.6 Å². The van der Waals surface area contributed by atoms with E-state index in [0.717, 1.165) is 36.1 Å². The second kappa shape index (κ2) is 7.22. The summed E-state index contributed by atoms with van der Waals surface area (Å²) in [4.78, 5) is 12.9. The average molecular weight is 328 g/mol. The van der Waals surface area contributed by atoms with Crippen LogP contribution in [-0.2, 0) is 14.3 Å². The zero-order valence-corrected chi connectivity index (χ0v) is 14.3. The van der Waals surface area contributed by atoms with E-state index in [2.05, 4.69) is 6.58 Å². The number of carbonyl (C=O) groups is 1. The van der Waals surface area contributed by atoms with E-state index in [0.29, 0.717) is 12.2 Å². The van der Waals surface area contributed by atoms with Crippen LogP contribution in [0.15, 0.2) is 42.7 Å². The molecule has 1 aromatic rings. The maximum Gasteiger partial charge on any atom is 0.173 e. The normalized spacial score (nSPS) is 26.2. The Labute approximate surface area is 143 Å². The number of benzene rings is 1. The van der Waals surface area contributed by atoms with Crippen LogP contribution in [0.25, 0.3) is 5.57 Å². The Hall–Kier alpha value is -2.07. The molecule has 1 aliphatic heterocycles. The molecule has 1 aliphatic carbocycles. The Morgan fingerprint density at radius 1 is 1.29 bits per heavy atom. The number of ketones is 1. The van der Waals surface area contributed by atoms with E-state index in [1.807, 2.05) is 31.2 Å². The summed E-state index contributed by atoms with van der Waals surface area (Å²) in [5.41, 5.74) is 2.54. The largest absolute Gasteiger partial charge is 0.497 e. The number of fused-ring (bicyclic) bond motifs is 1. The third-order valence-corrected chi connectivity index (χ3v) is 4.67. The van der Waals surface area contributed by atoms with Gasteiger partial charge in [-0.15, -0.1) is 0 Å². The highest BCUT2D eigenvalue weighted by atomic mass is 16.5. The van der Waals surface area contributed by atoms with E-state index < -0.39 is 0 Å². The van der Waals surface area contributed by atoms with Crippen molar-refractivity contribution in [3.63, 3.8) is 0 Å². The van der Waals surface area contributed by atoms with Crippen molar-refractivity contribution in [2.45, 2.75) is 38.4 Å². The number of Topliss-reactive ketones (excluding diaryl/α,β-unsaturated/α-hetero) is 1. The van der Waals surface area contributed by atoms with Crippen LogP contribution in [0.3, 0.4) is 0 Å². The summed E-state index contributed by atoms with van der Waals surface area (Å²) in [5.74, 6) is 0.878. The zero-order chi connectivity index (χ0) is 17.1. The summed E-state index contributed by atoms with van der Waals surface area (Å²) in [6.07, 6.45) is 4.13. The molecule has 2 aliphatic rings. The van der Waals surface area contributed by atoms with E-state index in [-0.39, 0.29) is 23.9 Å². The van der Waals surface area contributed by atoms with E-state index in [1.165, 1.54) is 0 Å². The quantitative estimate of drug-likeness (QED) is 0.772. The Balaban J connectivity index is 1.69. The van der Waals surface area contributed by atoms with Crippen LogP contribution in [-0.4, -0.2) is 31.7 Å². The van der Waals surface area contributed by atoms with Gasteiger partial charge in [0.25, 0.3) is 0 Å². The van der Waals surface area contributed by atoms with Gasteiger partial charge in [0, 0.05) is 6.42 Å². The minimum Gasteiger partial charge on any atom is -0.497 e. The molecule has 0 aromatic heterocycles. The van der Waals surface area contributed by atoms with Crippen molar-refractivity contribution < 1.29 is 19.0 Å². The molecule has 0 bridgehead atoms. The molecule has 0 saturated heterocycles. The number of allylic oxidation sites excluding steroid dienone is 1. The molecule has 1 saturated carbocycles. The van der Waals surface area contributed by atoms with Gasteiger partial charge < -0.3 is 14.2 Å². The van der Waals surface area contributed by atoms with E-state index >= 15 is 0 Å². The molecule has 3 unspecified atom stereocenters. The minimum atomic E-state index is -0.0802. The van der Waals surface area contributed by atoms with Crippen LogP contribution in [0.2, 0.25) is 0 Å². The van der Waals surface area contributed by atoms with Gasteiger partial charge in [-0.25, -0.2) is 0 Å². The van der Waals surface area contributed by atoms with Crippen molar-refractivity contribution in [3.05, 3.63) is 48.2 Å². The van der Waals surface area contributed by atoms with Gasteiger partial charge in [0.15, 0.2) is 5.78 Å². The molecule has 128 valence electrons. The average Bonchev–Trinajstić information content (AvgIpc) is 2.60. The second-order valence-electron chi connectivity index (χ2n) is 6.61. The maximum atomic E-state index is 12.9. The summed E-state index contributed by atoms with van der Waals surface area (Å²) in [6, 6.07) is 7.51. The van der Waals surface area contributed by atoms with Crippen LogP contribution in [0.5, 0.6) is 5.75 Å². The Kier molecular flexibility index (Phi) is 5.05. The molecule has 0 spiro atoms. The van der Waals surface area contributed by atoms with Crippen molar-refractivity contribution in [1.29, 1.82) is 0 Å². The Bertz CT molecular complexity index is 644. The summed E-state index contributed by atoms with van der Waals surface area (Å²) < 4.78 is 16.9. The first kappa shape index (κ1) is 16.8. The van der Waals surface area contributed by atoms with Gasteiger partial charge in [0.1, 0.15) is 11.9 Å². The fraction of sp³-hybridized carbons (Fsp3) is 0.450. The van der Waals surface area contributed by atoms with Gasteiger partial charge in [-0.2, -0.15) is 0 Å². The smallest absolute Gasteiger partial charge is 0.173 e. The zero-order valence-electron chi connectivity index (χ0n) is 14.3. The predicted molar refractivity (Wildman–Crippen MR) is 92.7 cm³/mol. The van der Waals surface area contributed by atoms with Crippen molar-refractivity contribution in [2.24, 2.45) is 5.92 Å². The lowest BCUT2D eigenvalue weighted by Gasteiger charge is -2.37. The summed E-state index contributed by atoms with van der Waals surface area (Å²) in [7, 11) is 1.63. The van der Waals surface area contributed by atoms with Gasteiger partial charge in [-0.1, -0.05) is 24.3 Å². The van der Waals surface area contributed by atoms with Gasteiger partial charge >= 0.3 is 0 Å². The van der Waals surface area contributed by atoms with E-state index in [9.17, 15) is 4.79 Å². The van der Waals surface area contributed by atoms with Gasteiger partial charge in [0.2, 0.25) is 0 Å². The maximum absolute atomic E-state index is 12.9. The van der Waals surface area contributed by atoms with Crippen molar-refractivity contribution >= 4 is 11.4 Å². The molecule has 3 atom stereocenters. The van der Waals surface area contributed by atoms with Crippen molar-refractivity contribution in [3.8, 4) is 5.75 Å². The molecule has 24 heavy (non-hydrogen) atoms. The molecule has 4 heteroatoms. The van der Waals surface area contributed by atoms with Gasteiger partial charge in [-0.3, -0.25) is 4.79 Å². The molecule has 0 radical (unpaired) electrons. The molecule has 1 aromatic carbocycles. The number of ether oxygens (including phenoxy) is 3. The van der Waals surface area contributed by atoms with Crippen LogP contribution in [0.4, 0.5) is 0 Å². The van der Waals surface area contributed by atoms with Crippen LogP contribution in [0.1, 0.15) is 31.7 Å². The fourth-order valence-electron chi connectivity index (χ4n) is 3.35. The Morgan fingerprint density at radius 2 is 2.04 bits per heavy atom.